The zero-order valence-electron chi connectivity index (χ0n) is 13.2. The minimum Gasteiger partial charge on any atom is -0.497 e. The maximum absolute atomic E-state index is 12.9. The van der Waals surface area contributed by atoms with Crippen molar-refractivity contribution in [2.75, 3.05) is 7.11 Å². The van der Waals surface area contributed by atoms with Gasteiger partial charge in [-0.3, -0.25) is 0 Å². The third-order valence-corrected chi connectivity index (χ3v) is 4.89. The zero-order chi connectivity index (χ0) is 16.1. The van der Waals surface area contributed by atoms with Gasteiger partial charge in [-0.25, -0.2) is 8.96 Å². The summed E-state index contributed by atoms with van der Waals surface area (Å²) in [6.45, 7) is 7.97. The van der Waals surface area contributed by atoms with Crippen LogP contribution >= 0.6 is 12.3 Å². The van der Waals surface area contributed by atoms with E-state index < -0.39 is 18.3 Å². The number of ether oxygens (including phenoxy) is 1. The van der Waals surface area contributed by atoms with Gasteiger partial charge in [-0.05, 0) is 33.8 Å². The first-order valence-electron chi connectivity index (χ1n) is 6.99. The second-order valence-corrected chi connectivity index (χ2v) is 6.84. The lowest BCUT2D eigenvalue weighted by atomic mass is 9.78. The summed E-state index contributed by atoms with van der Waals surface area (Å²) >= 11 is 0.0979. The van der Waals surface area contributed by atoms with Crippen molar-refractivity contribution in [2.24, 2.45) is 0 Å². The van der Waals surface area contributed by atoms with E-state index in [1.807, 2.05) is 33.8 Å². The maximum atomic E-state index is 12.9. The Morgan fingerprint density at radius 2 is 1.86 bits per heavy atom. The Labute approximate surface area is 133 Å². The summed E-state index contributed by atoms with van der Waals surface area (Å²) in [5, 5.41) is 0. The summed E-state index contributed by atoms with van der Waals surface area (Å²) in [5.74, 6) is 0.585. The van der Waals surface area contributed by atoms with E-state index >= 15 is 0 Å². The van der Waals surface area contributed by atoms with E-state index in [4.69, 9.17) is 14.0 Å². The van der Waals surface area contributed by atoms with Gasteiger partial charge in [0.2, 0.25) is 0 Å². The molecule has 0 radical (unpaired) electrons. The molecule has 2 aromatic rings. The van der Waals surface area contributed by atoms with Crippen LogP contribution in [0.15, 0.2) is 18.5 Å². The molecule has 1 fully saturated rings. The summed E-state index contributed by atoms with van der Waals surface area (Å²) in [7, 11) is 1.02. The van der Waals surface area contributed by atoms with Crippen LogP contribution in [0, 0.1) is 0 Å². The molecule has 0 amide bonds. The second-order valence-electron chi connectivity index (χ2n) is 6.31. The van der Waals surface area contributed by atoms with E-state index in [1.165, 1.54) is 10.3 Å². The van der Waals surface area contributed by atoms with Gasteiger partial charge in [0.1, 0.15) is 12.1 Å². The Bertz CT molecular complexity index is 703. The number of nitrogens with zero attached hydrogens (tertiary/aromatic N) is 2. The molecule has 0 aliphatic carbocycles. The second kappa shape index (κ2) is 5.14. The molecule has 2 heterocycles. The number of methoxy groups -OCH3 is 1. The largest absolute Gasteiger partial charge is 0.498 e. The monoisotopic (exact) mass is 324 g/mol. The lowest BCUT2D eigenvalue weighted by molar-refractivity contribution is 0.00578. The van der Waals surface area contributed by atoms with Crippen LogP contribution in [-0.4, -0.2) is 34.4 Å². The standard InChI is InChI=1S/C14H18BFN2O3S/c1-13(2)14(3,4)21-15(20-13)9-6-10-11(7-12(9)19-5)18(22-16)8-17-10/h6-8H,1-5H3. The molecule has 3 rings (SSSR count). The number of hydrogen-bond acceptors (Lipinski definition) is 5. The van der Waals surface area contributed by atoms with E-state index in [1.54, 1.807) is 13.2 Å². The zero-order valence-corrected chi connectivity index (χ0v) is 14.0. The molecule has 118 valence electrons. The molecule has 5 nitrogen and oxygen atoms in total. The van der Waals surface area contributed by atoms with Crippen LogP contribution in [0.25, 0.3) is 11.0 Å². The maximum Gasteiger partial charge on any atom is 0.498 e. The van der Waals surface area contributed by atoms with Crippen molar-refractivity contribution in [3.8, 4) is 5.75 Å². The van der Waals surface area contributed by atoms with Gasteiger partial charge in [0.15, 0.2) is 12.3 Å². The first-order valence-corrected chi connectivity index (χ1v) is 7.66. The van der Waals surface area contributed by atoms with Gasteiger partial charge in [-0.1, -0.05) is 0 Å². The van der Waals surface area contributed by atoms with Crippen LogP contribution in [0.5, 0.6) is 5.75 Å². The average molecular weight is 324 g/mol. The minimum atomic E-state index is -0.549. The third-order valence-electron chi connectivity index (χ3n) is 4.45. The lowest BCUT2D eigenvalue weighted by Crippen LogP contribution is -2.41. The Morgan fingerprint density at radius 1 is 1.23 bits per heavy atom. The molecule has 1 aromatic heterocycles. The van der Waals surface area contributed by atoms with Crippen LogP contribution < -0.4 is 10.2 Å². The van der Waals surface area contributed by atoms with Crippen molar-refractivity contribution in [3.63, 3.8) is 0 Å². The van der Waals surface area contributed by atoms with Gasteiger partial charge in [0, 0.05) is 11.5 Å². The molecule has 22 heavy (non-hydrogen) atoms. The van der Waals surface area contributed by atoms with Crippen LogP contribution in [0.2, 0.25) is 0 Å². The van der Waals surface area contributed by atoms with E-state index in [-0.39, 0.29) is 12.3 Å². The number of rotatable bonds is 3. The first kappa shape index (κ1) is 15.6. The molecule has 1 aliphatic heterocycles. The fourth-order valence-electron chi connectivity index (χ4n) is 2.42. The number of imidazole rings is 1. The fraction of sp³-hybridized carbons (Fsp3) is 0.500. The number of fused-ring (bicyclic) bond motifs is 1. The third kappa shape index (κ3) is 2.30. The van der Waals surface area contributed by atoms with E-state index in [0.29, 0.717) is 16.8 Å². The summed E-state index contributed by atoms with van der Waals surface area (Å²) in [6.07, 6.45) is 1.43. The molecule has 1 saturated heterocycles. The minimum absolute atomic E-state index is 0.0979. The topological polar surface area (TPSA) is 45.5 Å². The van der Waals surface area contributed by atoms with E-state index in [9.17, 15) is 3.89 Å². The number of benzene rings is 1. The summed E-state index contributed by atoms with van der Waals surface area (Å²) < 4.78 is 31.8. The van der Waals surface area contributed by atoms with Crippen LogP contribution in [0.1, 0.15) is 27.7 Å². The van der Waals surface area contributed by atoms with Crippen molar-refractivity contribution >= 4 is 35.9 Å². The van der Waals surface area contributed by atoms with Crippen molar-refractivity contribution < 1.29 is 17.9 Å². The van der Waals surface area contributed by atoms with Crippen molar-refractivity contribution in [1.29, 1.82) is 0 Å². The molecule has 0 unspecified atom stereocenters. The number of halogens is 1. The number of hydrogen-bond donors (Lipinski definition) is 0. The molecule has 0 atom stereocenters. The Morgan fingerprint density at radius 3 is 2.41 bits per heavy atom. The fourth-order valence-corrected chi connectivity index (χ4v) is 2.72. The summed E-state index contributed by atoms with van der Waals surface area (Å²) in [4.78, 5) is 4.21. The molecule has 0 spiro atoms. The first-order chi connectivity index (χ1) is 10.3. The lowest BCUT2D eigenvalue weighted by Gasteiger charge is -2.32. The molecule has 1 aliphatic rings. The van der Waals surface area contributed by atoms with Gasteiger partial charge in [0.25, 0.3) is 0 Å². The Kier molecular flexibility index (Phi) is 3.66. The van der Waals surface area contributed by atoms with Gasteiger partial charge < -0.3 is 14.0 Å². The Hall–Kier alpha value is -1.25. The molecular formula is C14H18BFN2O3S. The van der Waals surface area contributed by atoms with Gasteiger partial charge in [-0.15, -0.1) is 3.89 Å². The molecule has 1 aromatic carbocycles. The van der Waals surface area contributed by atoms with Crippen molar-refractivity contribution in [2.45, 2.75) is 38.9 Å². The highest BCUT2D eigenvalue weighted by atomic mass is 32.2. The van der Waals surface area contributed by atoms with Gasteiger partial charge >= 0.3 is 7.12 Å². The average Bonchev–Trinajstić information content (AvgIpc) is 2.95. The van der Waals surface area contributed by atoms with Crippen LogP contribution in [0.4, 0.5) is 3.89 Å². The van der Waals surface area contributed by atoms with E-state index in [0.717, 1.165) is 5.46 Å². The summed E-state index contributed by atoms with van der Waals surface area (Å²) in [6, 6.07) is 3.57. The summed E-state index contributed by atoms with van der Waals surface area (Å²) in [5.41, 5.74) is 1.18. The predicted molar refractivity (Wildman–Crippen MR) is 86.1 cm³/mol. The molecule has 0 N–H and O–H groups in total. The highest BCUT2D eigenvalue weighted by molar-refractivity contribution is 7.92. The number of aromatic nitrogens is 2. The van der Waals surface area contributed by atoms with Crippen LogP contribution in [0.3, 0.4) is 0 Å². The van der Waals surface area contributed by atoms with Gasteiger partial charge in [-0.2, -0.15) is 0 Å². The SMILES string of the molecule is COc1cc2c(cc1B1OC(C)(C)C(C)(C)O1)ncn2SF. The molecule has 0 bridgehead atoms. The highest BCUT2D eigenvalue weighted by Crippen LogP contribution is 2.37. The smallest absolute Gasteiger partial charge is 0.497 e. The van der Waals surface area contributed by atoms with Crippen LogP contribution in [-0.2, 0) is 9.31 Å². The van der Waals surface area contributed by atoms with E-state index in [2.05, 4.69) is 4.98 Å². The normalized spacial score (nSPS) is 19.8. The van der Waals surface area contributed by atoms with Gasteiger partial charge in [0.05, 0.1) is 29.3 Å². The van der Waals surface area contributed by atoms with Crippen molar-refractivity contribution in [3.05, 3.63) is 18.5 Å². The molecule has 0 saturated carbocycles. The molecular weight excluding hydrogens is 306 g/mol. The highest BCUT2D eigenvalue weighted by Gasteiger charge is 2.52. The molecule has 8 heteroatoms. The Balaban J connectivity index is 2.08. The van der Waals surface area contributed by atoms with Crippen molar-refractivity contribution in [1.82, 2.24) is 8.96 Å². The quantitative estimate of drug-likeness (QED) is 0.813. The predicted octanol–water partition coefficient (Wildman–Crippen LogP) is 2.72.